The van der Waals surface area contributed by atoms with E-state index < -0.39 is 0 Å². The average Bonchev–Trinajstić information content (AvgIpc) is 3.04. The van der Waals surface area contributed by atoms with Crippen LogP contribution in [0.5, 0.6) is 0 Å². The predicted molar refractivity (Wildman–Crippen MR) is 89.3 cm³/mol. The lowest BCUT2D eigenvalue weighted by molar-refractivity contribution is 0.738. The Bertz CT molecular complexity index is 773. The molecular formula is C16H18ClN3S. The summed E-state index contributed by atoms with van der Waals surface area (Å²) in [4.78, 5) is 10.5. The first-order valence-corrected chi connectivity index (χ1v) is 8.38. The van der Waals surface area contributed by atoms with E-state index in [4.69, 9.17) is 11.6 Å². The van der Waals surface area contributed by atoms with Crippen molar-refractivity contribution in [1.82, 2.24) is 14.5 Å². The largest absolute Gasteiger partial charge is 0.320 e. The minimum Gasteiger partial charge on any atom is -0.320 e. The maximum absolute atomic E-state index is 6.32. The Morgan fingerprint density at radius 1 is 1.38 bits per heavy atom. The number of hydrogen-bond donors (Lipinski definition) is 0. The number of benzene rings is 1. The van der Waals surface area contributed by atoms with Gasteiger partial charge in [0, 0.05) is 11.1 Å². The molecule has 3 rings (SSSR count). The monoisotopic (exact) mass is 319 g/mol. The summed E-state index contributed by atoms with van der Waals surface area (Å²) in [6, 6.07) is 6.31. The number of aryl methyl sites for hydroxylation is 2. The summed E-state index contributed by atoms with van der Waals surface area (Å²) < 4.78 is 2.19. The fraction of sp³-hybridized carbons (Fsp3) is 0.375. The van der Waals surface area contributed by atoms with Gasteiger partial charge in [0.05, 0.1) is 23.0 Å². The number of nitrogens with zero attached hydrogens (tertiary/aromatic N) is 3. The van der Waals surface area contributed by atoms with E-state index in [1.807, 2.05) is 13.1 Å². The van der Waals surface area contributed by atoms with Crippen molar-refractivity contribution in [1.29, 1.82) is 0 Å². The quantitative estimate of drug-likeness (QED) is 0.652. The van der Waals surface area contributed by atoms with E-state index in [-0.39, 0.29) is 5.38 Å². The maximum Gasteiger partial charge on any atom is 0.128 e. The summed E-state index contributed by atoms with van der Waals surface area (Å²) in [6.07, 6.45) is 2.99. The topological polar surface area (TPSA) is 30.7 Å². The molecule has 0 radical (unpaired) electrons. The Morgan fingerprint density at radius 2 is 2.19 bits per heavy atom. The lowest BCUT2D eigenvalue weighted by Gasteiger charge is -2.09. The smallest absolute Gasteiger partial charge is 0.128 e. The van der Waals surface area contributed by atoms with Gasteiger partial charge in [0.2, 0.25) is 0 Å². The number of rotatable bonds is 4. The molecule has 1 unspecified atom stereocenters. The van der Waals surface area contributed by atoms with Crippen molar-refractivity contribution in [2.24, 2.45) is 0 Å². The zero-order valence-electron chi connectivity index (χ0n) is 12.4. The van der Waals surface area contributed by atoms with Crippen LogP contribution < -0.4 is 0 Å². The van der Waals surface area contributed by atoms with E-state index in [1.165, 1.54) is 10.4 Å². The van der Waals surface area contributed by atoms with Gasteiger partial charge in [-0.2, -0.15) is 0 Å². The van der Waals surface area contributed by atoms with Gasteiger partial charge in [-0.05, 0) is 38.0 Å². The number of halogens is 1. The van der Waals surface area contributed by atoms with Gasteiger partial charge in [-0.1, -0.05) is 13.0 Å². The highest BCUT2D eigenvalue weighted by molar-refractivity contribution is 7.11. The van der Waals surface area contributed by atoms with E-state index in [0.29, 0.717) is 0 Å². The van der Waals surface area contributed by atoms with Gasteiger partial charge < -0.3 is 4.57 Å². The molecule has 0 spiro atoms. The van der Waals surface area contributed by atoms with Gasteiger partial charge in [-0.3, -0.25) is 0 Å². The lowest BCUT2D eigenvalue weighted by atomic mass is 10.2. The zero-order chi connectivity index (χ0) is 15.0. The van der Waals surface area contributed by atoms with Crippen LogP contribution >= 0.6 is 22.9 Å². The van der Waals surface area contributed by atoms with Crippen LogP contribution in [-0.2, 0) is 13.0 Å². The van der Waals surface area contributed by atoms with E-state index >= 15 is 0 Å². The molecule has 0 N–H and O–H groups in total. The molecule has 110 valence electrons. The van der Waals surface area contributed by atoms with Crippen LogP contribution in [0.3, 0.4) is 0 Å². The highest BCUT2D eigenvalue weighted by atomic mass is 35.5. The molecule has 21 heavy (non-hydrogen) atoms. The third-order valence-electron chi connectivity index (χ3n) is 3.53. The summed E-state index contributed by atoms with van der Waals surface area (Å²) >= 11 is 8.08. The van der Waals surface area contributed by atoms with Crippen LogP contribution in [0.15, 0.2) is 24.4 Å². The van der Waals surface area contributed by atoms with Crippen molar-refractivity contribution in [3.8, 4) is 0 Å². The summed E-state index contributed by atoms with van der Waals surface area (Å²) in [5.41, 5.74) is 3.35. The van der Waals surface area contributed by atoms with Crippen molar-refractivity contribution in [2.75, 3.05) is 0 Å². The number of hydrogen-bond acceptors (Lipinski definition) is 3. The molecule has 0 amide bonds. The number of thiazole rings is 1. The summed E-state index contributed by atoms with van der Waals surface area (Å²) in [6.45, 7) is 6.95. The van der Waals surface area contributed by atoms with Crippen LogP contribution in [0, 0.1) is 6.92 Å². The minimum absolute atomic E-state index is 0.122. The molecule has 2 aromatic heterocycles. The van der Waals surface area contributed by atoms with Gasteiger partial charge in [0.15, 0.2) is 0 Å². The number of aromatic nitrogens is 3. The van der Waals surface area contributed by atoms with Crippen LogP contribution in [0.2, 0.25) is 0 Å². The first-order valence-electron chi connectivity index (χ1n) is 7.13. The second-order valence-electron chi connectivity index (χ2n) is 5.24. The molecule has 0 saturated heterocycles. The van der Waals surface area contributed by atoms with Gasteiger partial charge in [0.25, 0.3) is 0 Å². The van der Waals surface area contributed by atoms with E-state index in [0.717, 1.165) is 34.8 Å². The van der Waals surface area contributed by atoms with Gasteiger partial charge in [0.1, 0.15) is 10.8 Å². The molecule has 0 aliphatic carbocycles. The SMILES string of the molecule is CCc1cnc(Cn2c(C(C)Cl)nc3ccc(C)cc32)s1. The molecule has 0 aliphatic rings. The molecule has 3 nitrogen and oxygen atoms in total. The second-order valence-corrected chi connectivity index (χ2v) is 7.09. The third-order valence-corrected chi connectivity index (χ3v) is 4.85. The van der Waals surface area contributed by atoms with E-state index in [2.05, 4.69) is 46.6 Å². The summed E-state index contributed by atoms with van der Waals surface area (Å²) in [7, 11) is 0. The number of imidazole rings is 1. The van der Waals surface area contributed by atoms with Crippen molar-refractivity contribution >= 4 is 34.0 Å². The van der Waals surface area contributed by atoms with Gasteiger partial charge >= 0.3 is 0 Å². The van der Waals surface area contributed by atoms with Gasteiger partial charge in [-0.25, -0.2) is 9.97 Å². The van der Waals surface area contributed by atoms with Gasteiger partial charge in [-0.15, -0.1) is 22.9 Å². The fourth-order valence-corrected chi connectivity index (χ4v) is 3.46. The highest BCUT2D eigenvalue weighted by Gasteiger charge is 2.16. The van der Waals surface area contributed by atoms with Crippen LogP contribution in [0.4, 0.5) is 0 Å². The Hall–Kier alpha value is -1.39. The standard InChI is InChI=1S/C16H18ClN3S/c1-4-12-8-18-15(21-12)9-20-14-7-10(2)5-6-13(14)19-16(20)11(3)17/h5-8,11H,4,9H2,1-3H3. The van der Waals surface area contributed by atoms with Crippen molar-refractivity contribution < 1.29 is 0 Å². The molecule has 0 fully saturated rings. The molecule has 0 saturated carbocycles. The lowest BCUT2D eigenvalue weighted by Crippen LogP contribution is -2.05. The van der Waals surface area contributed by atoms with Crippen molar-refractivity contribution in [3.05, 3.63) is 45.7 Å². The molecule has 5 heteroatoms. The molecule has 1 atom stereocenters. The normalized spacial score (nSPS) is 13.0. The maximum atomic E-state index is 6.32. The Balaban J connectivity index is 2.09. The first kappa shape index (κ1) is 14.5. The predicted octanol–water partition coefficient (Wildman–Crippen LogP) is 4.71. The minimum atomic E-state index is -0.122. The van der Waals surface area contributed by atoms with Crippen LogP contribution in [-0.4, -0.2) is 14.5 Å². The molecule has 1 aromatic carbocycles. The Labute approximate surface area is 133 Å². The number of alkyl halides is 1. The van der Waals surface area contributed by atoms with Crippen molar-refractivity contribution in [3.63, 3.8) is 0 Å². The van der Waals surface area contributed by atoms with Crippen molar-refractivity contribution in [2.45, 2.75) is 39.1 Å². The Kier molecular flexibility index (Phi) is 4.00. The summed E-state index contributed by atoms with van der Waals surface area (Å²) in [5.74, 6) is 0.908. The highest BCUT2D eigenvalue weighted by Crippen LogP contribution is 2.27. The molecular weight excluding hydrogens is 302 g/mol. The fourth-order valence-electron chi connectivity index (χ4n) is 2.44. The van der Waals surface area contributed by atoms with E-state index in [9.17, 15) is 0 Å². The number of fused-ring (bicyclic) bond motifs is 1. The van der Waals surface area contributed by atoms with Crippen LogP contribution in [0.1, 0.15) is 40.5 Å². The Morgan fingerprint density at radius 3 is 2.86 bits per heavy atom. The molecule has 3 aromatic rings. The molecule has 0 bridgehead atoms. The summed E-state index contributed by atoms with van der Waals surface area (Å²) in [5, 5.41) is 0.981. The van der Waals surface area contributed by atoms with Crippen LogP contribution in [0.25, 0.3) is 11.0 Å². The zero-order valence-corrected chi connectivity index (χ0v) is 14.0. The first-order chi connectivity index (χ1) is 10.1. The third kappa shape index (κ3) is 2.83. The second kappa shape index (κ2) is 5.78. The van der Waals surface area contributed by atoms with E-state index in [1.54, 1.807) is 11.3 Å². The molecule has 0 aliphatic heterocycles. The molecule has 2 heterocycles. The average molecular weight is 320 g/mol.